The number of nitrogens with zero attached hydrogens (tertiary/aromatic N) is 3. The average Bonchev–Trinajstić information content (AvgIpc) is 2.93. The van der Waals surface area contributed by atoms with Gasteiger partial charge in [-0.25, -0.2) is 14.4 Å². The third-order valence-corrected chi connectivity index (χ3v) is 5.17. The van der Waals surface area contributed by atoms with Crippen LogP contribution in [0.3, 0.4) is 0 Å². The van der Waals surface area contributed by atoms with Crippen LogP contribution in [-0.2, 0) is 23.9 Å². The largest absolute Gasteiger partial charge is 0.461 e. The number of alkyl halides is 2. The maximum absolute atomic E-state index is 10.7. The fraction of sp³-hybridized carbons (Fsp3) is 0.548. The Morgan fingerprint density at radius 1 is 0.857 bits per heavy atom. The van der Waals surface area contributed by atoms with Gasteiger partial charge in [-0.05, 0) is 67.1 Å². The van der Waals surface area contributed by atoms with E-state index in [9.17, 15) is 14.4 Å². The first-order valence-electron chi connectivity index (χ1n) is 13.4. The number of esters is 3. The van der Waals surface area contributed by atoms with Crippen molar-refractivity contribution in [2.45, 2.75) is 67.5 Å². The summed E-state index contributed by atoms with van der Waals surface area (Å²) >= 11 is 6.12. The van der Waals surface area contributed by atoms with Crippen LogP contribution in [0.2, 0.25) is 0 Å². The van der Waals surface area contributed by atoms with Gasteiger partial charge in [0, 0.05) is 71.6 Å². The van der Waals surface area contributed by atoms with Crippen LogP contribution in [0.5, 0.6) is 0 Å². The number of aliphatic hydroxyl groups excluding tert-OH is 1. The number of hydrogen-bond donors (Lipinski definition) is 1. The monoisotopic (exact) mass is 721 g/mol. The number of aromatic nitrogens is 1. The third-order valence-electron chi connectivity index (χ3n) is 4.50. The van der Waals surface area contributed by atoms with E-state index in [0.717, 1.165) is 6.54 Å². The maximum Gasteiger partial charge on any atom is 0.340 e. The van der Waals surface area contributed by atoms with Gasteiger partial charge in [0.2, 0.25) is 0 Å². The van der Waals surface area contributed by atoms with Gasteiger partial charge in [-0.2, -0.15) is 0 Å². The molecule has 1 aromatic heterocycles. The molecule has 0 aliphatic carbocycles. The number of anilines is 1. The first kappa shape index (κ1) is 46.6. The molecule has 1 N–H and O–H groups in total. The van der Waals surface area contributed by atoms with Crippen LogP contribution < -0.4 is 4.90 Å². The Hall–Kier alpha value is -2.34. The molecule has 9 nitrogen and oxygen atoms in total. The van der Waals surface area contributed by atoms with Crippen molar-refractivity contribution in [2.75, 3.05) is 49.4 Å². The number of ether oxygens (including phenoxy) is 2. The minimum atomic E-state index is -0.710. The summed E-state index contributed by atoms with van der Waals surface area (Å²) in [6.07, 6.45) is 3.57. The number of carbonyl (C=O) groups excluding carboxylic acids is 3. The quantitative estimate of drug-likeness (QED) is 0.128. The molecule has 0 aliphatic rings. The second-order valence-corrected chi connectivity index (χ2v) is 11.0. The van der Waals surface area contributed by atoms with Crippen molar-refractivity contribution < 1.29 is 29.0 Å². The van der Waals surface area contributed by atoms with Crippen LogP contribution in [0.1, 0.15) is 55.4 Å². The highest BCUT2D eigenvalue weighted by atomic mass is 79.9. The first-order valence-corrected chi connectivity index (χ1v) is 15.6. The summed E-state index contributed by atoms with van der Waals surface area (Å²) in [5, 5.41) is 9.19. The molecule has 0 saturated carbocycles. The molecule has 1 aromatic rings. The lowest BCUT2D eigenvalue weighted by atomic mass is 10.2. The molecule has 11 heteroatoms. The van der Waals surface area contributed by atoms with E-state index in [-0.39, 0.29) is 23.7 Å². The van der Waals surface area contributed by atoms with Gasteiger partial charge in [-0.1, -0.05) is 58.5 Å². The fourth-order valence-electron chi connectivity index (χ4n) is 2.48. The van der Waals surface area contributed by atoms with Crippen molar-refractivity contribution in [3.63, 3.8) is 0 Å². The van der Waals surface area contributed by atoms with E-state index in [1.54, 1.807) is 19.3 Å². The average molecular weight is 724 g/mol. The van der Waals surface area contributed by atoms with E-state index in [1.165, 1.54) is 19.5 Å². The molecule has 0 radical (unpaired) electrons. The van der Waals surface area contributed by atoms with Crippen LogP contribution in [0.25, 0.3) is 0 Å². The lowest BCUT2D eigenvalue weighted by Gasteiger charge is -2.28. The van der Waals surface area contributed by atoms with E-state index in [0.29, 0.717) is 34.9 Å². The van der Waals surface area contributed by atoms with Gasteiger partial charge < -0.3 is 19.5 Å². The van der Waals surface area contributed by atoms with E-state index in [1.807, 2.05) is 31.1 Å². The molecule has 42 heavy (non-hydrogen) atoms. The van der Waals surface area contributed by atoms with Crippen LogP contribution in [0.15, 0.2) is 61.0 Å². The minimum absolute atomic E-state index is 0.194. The summed E-state index contributed by atoms with van der Waals surface area (Å²) in [7, 11) is 4.02. The van der Waals surface area contributed by atoms with Gasteiger partial charge in [0.05, 0.1) is 6.61 Å². The van der Waals surface area contributed by atoms with Crippen LogP contribution in [0, 0.1) is 0 Å². The first-order chi connectivity index (χ1) is 19.4. The normalized spacial score (nSPS) is 9.33. The van der Waals surface area contributed by atoms with Crippen molar-refractivity contribution in [1.82, 2.24) is 9.88 Å². The molecule has 0 fully saturated rings. The molecule has 0 bridgehead atoms. The third kappa shape index (κ3) is 30.6. The van der Waals surface area contributed by atoms with E-state index in [4.69, 9.17) is 5.11 Å². The van der Waals surface area contributed by atoms with Gasteiger partial charge in [0.25, 0.3) is 0 Å². The molecule has 0 spiro atoms. The van der Waals surface area contributed by atoms with E-state index >= 15 is 0 Å². The summed E-state index contributed by atoms with van der Waals surface area (Å²) in [5.74, 6) is -1.74. The standard InChI is InChI=1S/C8H19N.C8H10O3.C7H10N2.C6H9BrO2.C2H5BrO/c1-6-9(7(2)3)8(4)5;1-5(2)7(9)11-8(10)6(3)4;1-9(2)7-3-5-8-6-4-7;1-5(2)6(8)9-4-3-7;3-1-2-4/h7-8H,6H2,1-5H3;1,3H2,2,4H3;3-6H,1-2H3;1,3-4H2,2H3;4H,1-2H2. The maximum atomic E-state index is 10.7. The van der Waals surface area contributed by atoms with Crippen LogP contribution >= 0.6 is 31.9 Å². The Kier molecular flexibility index (Phi) is 33.4. The number of halogens is 2. The highest BCUT2D eigenvalue weighted by Gasteiger charge is 2.10. The molecule has 0 unspecified atom stereocenters. The molecule has 0 atom stereocenters. The highest BCUT2D eigenvalue weighted by molar-refractivity contribution is 9.09. The van der Waals surface area contributed by atoms with Crippen molar-refractivity contribution in [2.24, 2.45) is 0 Å². The molecule has 242 valence electrons. The van der Waals surface area contributed by atoms with E-state index in [2.05, 4.69) is 106 Å². The van der Waals surface area contributed by atoms with Crippen LogP contribution in [-0.4, -0.2) is 89.5 Å². The zero-order valence-electron chi connectivity index (χ0n) is 27.2. The van der Waals surface area contributed by atoms with Gasteiger partial charge in [0.1, 0.15) is 6.61 Å². The van der Waals surface area contributed by atoms with Crippen LogP contribution in [0.4, 0.5) is 5.69 Å². The number of pyridine rings is 1. The minimum Gasteiger partial charge on any atom is -0.461 e. The lowest BCUT2D eigenvalue weighted by Crippen LogP contribution is -2.36. The van der Waals surface area contributed by atoms with Gasteiger partial charge >= 0.3 is 17.9 Å². The Morgan fingerprint density at radius 3 is 1.43 bits per heavy atom. The van der Waals surface area contributed by atoms with Crippen molar-refractivity contribution >= 4 is 55.5 Å². The summed E-state index contributed by atoms with van der Waals surface area (Å²) in [5.41, 5.74) is 2.01. The van der Waals surface area contributed by atoms with Crippen molar-refractivity contribution in [3.05, 3.63) is 61.0 Å². The second-order valence-electron chi connectivity index (χ2n) is 9.37. The lowest BCUT2D eigenvalue weighted by molar-refractivity contribution is -0.154. The van der Waals surface area contributed by atoms with E-state index < -0.39 is 11.9 Å². The Balaban J connectivity index is -0.000000220. The number of carbonyl (C=O) groups is 3. The SMILES string of the molecule is C=C(C)C(=O)OC(=O)C(=C)C.C=C(C)C(=O)OCCBr.CCN(C(C)C)C(C)C.CN(C)c1ccncc1.OCCBr. The zero-order valence-corrected chi connectivity index (χ0v) is 30.4. The fourth-order valence-corrected chi connectivity index (χ4v) is 2.64. The topological polar surface area (TPSA) is 109 Å². The van der Waals surface area contributed by atoms with Crippen molar-refractivity contribution in [1.29, 1.82) is 0 Å². The Bertz CT molecular complexity index is 873. The molecule has 0 amide bonds. The predicted molar refractivity (Wildman–Crippen MR) is 182 cm³/mol. The number of hydrogen-bond acceptors (Lipinski definition) is 9. The molecular weight excluding hydrogens is 670 g/mol. The summed E-state index contributed by atoms with van der Waals surface area (Å²) in [6, 6.07) is 5.32. The molecular formula is C31H53Br2N3O6. The Morgan fingerprint density at radius 2 is 1.24 bits per heavy atom. The summed E-state index contributed by atoms with van der Waals surface area (Å²) in [4.78, 5) is 40.3. The number of rotatable bonds is 10. The highest BCUT2D eigenvalue weighted by Crippen LogP contribution is 2.06. The Labute approximate surface area is 271 Å². The summed E-state index contributed by atoms with van der Waals surface area (Å²) < 4.78 is 8.96. The smallest absolute Gasteiger partial charge is 0.340 e. The van der Waals surface area contributed by atoms with Gasteiger partial charge in [-0.3, -0.25) is 9.88 Å². The number of aliphatic hydroxyl groups is 1. The van der Waals surface area contributed by atoms with Crippen molar-refractivity contribution in [3.8, 4) is 0 Å². The van der Waals surface area contributed by atoms with Gasteiger partial charge in [0.15, 0.2) is 0 Å². The summed E-state index contributed by atoms with van der Waals surface area (Å²) in [6.45, 7) is 27.6. The molecule has 0 saturated heterocycles. The second kappa shape index (κ2) is 30.1. The zero-order chi connectivity index (χ0) is 33.8. The van der Waals surface area contributed by atoms with Gasteiger partial charge in [-0.15, -0.1) is 0 Å². The molecule has 0 aromatic carbocycles. The molecule has 0 aliphatic heterocycles. The predicted octanol–water partition coefficient (Wildman–Crippen LogP) is 6.36. The molecule has 1 rings (SSSR count). The molecule has 1 heterocycles.